The first-order chi connectivity index (χ1) is 15.5. The summed E-state index contributed by atoms with van der Waals surface area (Å²) >= 11 is 0. The average Bonchev–Trinajstić information content (AvgIpc) is 3.05. The number of nitrogens with zero attached hydrogens (tertiary/aromatic N) is 4. The first-order valence-corrected chi connectivity index (χ1v) is 12.5. The van der Waals surface area contributed by atoms with E-state index in [2.05, 4.69) is 30.7 Å². The van der Waals surface area contributed by atoms with Crippen LogP contribution in [0.4, 0.5) is 11.6 Å². The fourth-order valence-corrected chi connectivity index (χ4v) is 5.93. The van der Waals surface area contributed by atoms with Crippen molar-refractivity contribution in [3.63, 3.8) is 0 Å². The second-order valence-corrected chi connectivity index (χ2v) is 10.9. The molecule has 0 aromatic carbocycles. The van der Waals surface area contributed by atoms with Gasteiger partial charge < -0.3 is 20.3 Å². The Balaban J connectivity index is 2.11. The zero-order valence-corrected chi connectivity index (χ0v) is 20.7. The molecule has 1 amide bonds. The molecule has 2 N–H and O–H groups in total. The van der Waals surface area contributed by atoms with E-state index >= 15 is 0 Å². The van der Waals surface area contributed by atoms with Gasteiger partial charge in [0, 0.05) is 38.5 Å². The third-order valence-corrected chi connectivity index (χ3v) is 7.71. The Morgan fingerprint density at radius 1 is 1.33 bits per heavy atom. The number of aromatic nitrogens is 2. The van der Waals surface area contributed by atoms with Crippen molar-refractivity contribution in [2.45, 2.75) is 49.6 Å². The van der Waals surface area contributed by atoms with E-state index < -0.39 is 15.7 Å². The van der Waals surface area contributed by atoms with E-state index in [9.17, 15) is 13.2 Å². The minimum absolute atomic E-state index is 0.0985. The van der Waals surface area contributed by atoms with Crippen molar-refractivity contribution in [2.75, 3.05) is 43.2 Å². The normalized spacial score (nSPS) is 17.8. The van der Waals surface area contributed by atoms with Crippen LogP contribution in [0.15, 0.2) is 40.4 Å². The average molecular weight is 476 g/mol. The molecule has 10 heteroatoms. The van der Waals surface area contributed by atoms with E-state index in [1.165, 1.54) is 18.3 Å². The molecule has 0 spiro atoms. The molecule has 180 valence electrons. The van der Waals surface area contributed by atoms with Gasteiger partial charge in [0.2, 0.25) is 9.84 Å². The fraction of sp³-hybridized carbons (Fsp3) is 0.522. The van der Waals surface area contributed by atoms with E-state index in [1.54, 1.807) is 19.2 Å². The number of carbonyl (C=O) groups excluding carboxylic acids is 1. The quantitative estimate of drug-likeness (QED) is 0.588. The maximum absolute atomic E-state index is 13.7. The number of rotatable bonds is 9. The van der Waals surface area contributed by atoms with Crippen molar-refractivity contribution in [1.82, 2.24) is 9.97 Å². The summed E-state index contributed by atoms with van der Waals surface area (Å²) in [5.41, 5.74) is 5.33. The lowest BCUT2D eigenvalue weighted by Crippen LogP contribution is -2.40. The third kappa shape index (κ3) is 4.96. The number of hydrogen-bond acceptors (Lipinski definition) is 8. The van der Waals surface area contributed by atoms with E-state index in [-0.39, 0.29) is 21.0 Å². The second-order valence-electron chi connectivity index (χ2n) is 9.01. The Bertz CT molecular complexity index is 1120. The van der Waals surface area contributed by atoms with Gasteiger partial charge in [-0.25, -0.2) is 18.4 Å². The number of likely N-dealkylation sites (N-methyl/N-ethyl adjacent to an activating group) is 1. The molecular weight excluding hydrogens is 442 g/mol. The first-order valence-electron chi connectivity index (χ1n) is 11.1. The van der Waals surface area contributed by atoms with Gasteiger partial charge in [0.25, 0.3) is 5.91 Å². The Labute approximate surface area is 195 Å². The third-order valence-electron chi connectivity index (χ3n) is 6.01. The van der Waals surface area contributed by atoms with Crippen molar-refractivity contribution in [1.29, 1.82) is 0 Å². The summed E-state index contributed by atoms with van der Waals surface area (Å²) < 4.78 is 32.5. The number of amides is 1. The Kier molecular flexibility index (Phi) is 7.28. The SMILES string of the molecule is CCN(CCOC)c1cccc(S(=O)(=O)c2ccnc(N3CC(C)CC3(C)C)c2C(N)=O)n1. The van der Waals surface area contributed by atoms with Gasteiger partial charge in [0.05, 0.1) is 11.5 Å². The standard InChI is InChI=1S/C23H33N5O4S/c1-6-27(12-13-32-5)18-8-7-9-19(26-18)33(30,31)17-10-11-25-22(20(17)21(24)29)28-15-16(2)14-23(28,3)4/h7-11,16H,6,12-15H2,1-5H3,(H2,24,29). The number of primary amides is 1. The maximum atomic E-state index is 13.7. The predicted molar refractivity (Wildman–Crippen MR) is 127 cm³/mol. The number of ether oxygens (including phenoxy) is 1. The Hall–Kier alpha value is -2.72. The smallest absolute Gasteiger partial charge is 0.253 e. The van der Waals surface area contributed by atoms with Gasteiger partial charge >= 0.3 is 0 Å². The number of anilines is 2. The van der Waals surface area contributed by atoms with Gasteiger partial charge in [-0.1, -0.05) is 13.0 Å². The Morgan fingerprint density at radius 2 is 2.06 bits per heavy atom. The number of hydrogen-bond donors (Lipinski definition) is 1. The summed E-state index contributed by atoms with van der Waals surface area (Å²) in [4.78, 5) is 25.1. The summed E-state index contributed by atoms with van der Waals surface area (Å²) in [6.07, 6.45) is 2.30. The summed E-state index contributed by atoms with van der Waals surface area (Å²) in [6, 6.07) is 6.14. The van der Waals surface area contributed by atoms with Crippen molar-refractivity contribution < 1.29 is 17.9 Å². The molecule has 0 bridgehead atoms. The van der Waals surface area contributed by atoms with Crippen LogP contribution in [0, 0.1) is 5.92 Å². The number of methoxy groups -OCH3 is 1. The number of nitrogens with two attached hydrogens (primary N) is 1. The van der Waals surface area contributed by atoms with Crippen molar-refractivity contribution in [3.8, 4) is 0 Å². The largest absolute Gasteiger partial charge is 0.383 e. The predicted octanol–water partition coefficient (Wildman–Crippen LogP) is 2.51. The zero-order chi connectivity index (χ0) is 24.4. The molecule has 1 saturated heterocycles. The molecule has 2 aromatic rings. The van der Waals surface area contributed by atoms with Crippen LogP contribution in [0.1, 0.15) is 44.5 Å². The van der Waals surface area contributed by atoms with Crippen molar-refractivity contribution in [2.24, 2.45) is 11.7 Å². The lowest BCUT2D eigenvalue weighted by Gasteiger charge is -2.33. The van der Waals surface area contributed by atoms with Crippen molar-refractivity contribution in [3.05, 3.63) is 36.0 Å². The molecule has 0 saturated carbocycles. The first kappa shape index (κ1) is 24.9. The van der Waals surface area contributed by atoms with Crippen LogP contribution >= 0.6 is 0 Å². The molecule has 1 aliphatic heterocycles. The molecule has 1 aliphatic rings. The molecular formula is C23H33N5O4S. The molecule has 1 atom stereocenters. The van der Waals surface area contributed by atoms with Crippen molar-refractivity contribution >= 4 is 27.4 Å². The molecule has 3 rings (SSSR count). The molecule has 9 nitrogen and oxygen atoms in total. The van der Waals surface area contributed by atoms with Crippen LogP contribution in [0.5, 0.6) is 0 Å². The van der Waals surface area contributed by atoms with Crippen LogP contribution in [-0.4, -0.2) is 63.2 Å². The monoisotopic (exact) mass is 475 g/mol. The second kappa shape index (κ2) is 9.64. The number of carbonyl (C=O) groups is 1. The molecule has 2 aromatic heterocycles. The van der Waals surface area contributed by atoms with Gasteiger partial charge in [0.15, 0.2) is 5.03 Å². The van der Waals surface area contributed by atoms with Crippen LogP contribution in [-0.2, 0) is 14.6 Å². The molecule has 33 heavy (non-hydrogen) atoms. The highest BCUT2D eigenvalue weighted by Gasteiger charge is 2.40. The lowest BCUT2D eigenvalue weighted by molar-refractivity contribution is 0.0997. The summed E-state index contributed by atoms with van der Waals surface area (Å²) in [7, 11) is -2.53. The summed E-state index contributed by atoms with van der Waals surface area (Å²) in [5, 5.41) is -0.149. The minimum Gasteiger partial charge on any atom is -0.383 e. The summed E-state index contributed by atoms with van der Waals surface area (Å²) in [6.45, 7) is 10.5. The molecule has 0 aliphatic carbocycles. The van der Waals surface area contributed by atoms with E-state index in [0.29, 0.717) is 43.8 Å². The lowest BCUT2D eigenvalue weighted by atomic mass is 9.97. The number of sulfone groups is 1. The fourth-order valence-electron chi connectivity index (χ4n) is 4.53. The van der Waals surface area contributed by atoms with Gasteiger partial charge in [-0.05, 0) is 51.3 Å². The van der Waals surface area contributed by atoms with E-state index in [1.807, 2.05) is 16.7 Å². The molecule has 1 unspecified atom stereocenters. The zero-order valence-electron chi connectivity index (χ0n) is 19.9. The molecule has 3 heterocycles. The van der Waals surface area contributed by atoms with Gasteiger partial charge in [0.1, 0.15) is 17.2 Å². The highest BCUT2D eigenvalue weighted by atomic mass is 32.2. The highest BCUT2D eigenvalue weighted by Crippen LogP contribution is 2.39. The maximum Gasteiger partial charge on any atom is 0.253 e. The summed E-state index contributed by atoms with van der Waals surface area (Å²) in [5.74, 6) is 0.344. The van der Waals surface area contributed by atoms with Gasteiger partial charge in [-0.3, -0.25) is 4.79 Å². The van der Waals surface area contributed by atoms with E-state index in [4.69, 9.17) is 10.5 Å². The number of pyridine rings is 2. The Morgan fingerprint density at radius 3 is 2.64 bits per heavy atom. The van der Waals surface area contributed by atoms with Crippen LogP contribution in [0.3, 0.4) is 0 Å². The molecule has 1 fully saturated rings. The van der Waals surface area contributed by atoms with Crippen LogP contribution in [0.2, 0.25) is 0 Å². The highest BCUT2D eigenvalue weighted by molar-refractivity contribution is 7.91. The van der Waals surface area contributed by atoms with Gasteiger partial charge in [-0.2, -0.15) is 0 Å². The topological polar surface area (TPSA) is 119 Å². The van der Waals surface area contributed by atoms with Gasteiger partial charge in [-0.15, -0.1) is 0 Å². The molecule has 0 radical (unpaired) electrons. The van der Waals surface area contributed by atoms with E-state index in [0.717, 1.165) is 6.42 Å². The minimum atomic E-state index is -4.14. The van der Waals surface area contributed by atoms with Crippen LogP contribution in [0.25, 0.3) is 0 Å². The van der Waals surface area contributed by atoms with Crippen LogP contribution < -0.4 is 15.5 Å².